The van der Waals surface area contributed by atoms with Gasteiger partial charge in [-0.15, -0.1) is 12.4 Å². The average molecular weight is 367 g/mol. The molecule has 0 radical (unpaired) electrons. The van der Waals surface area contributed by atoms with Crippen molar-refractivity contribution in [2.45, 2.75) is 6.04 Å². The van der Waals surface area contributed by atoms with Gasteiger partial charge in [-0.05, 0) is 18.2 Å². The van der Waals surface area contributed by atoms with Crippen LogP contribution in [0, 0.1) is 0 Å². The van der Waals surface area contributed by atoms with Gasteiger partial charge in [0.1, 0.15) is 11.9 Å². The molecule has 2 heterocycles. The van der Waals surface area contributed by atoms with Crippen LogP contribution in [0.5, 0.6) is 11.5 Å². The molecule has 0 aliphatic carbocycles. The van der Waals surface area contributed by atoms with Gasteiger partial charge in [0.2, 0.25) is 0 Å². The highest BCUT2D eigenvalue weighted by Crippen LogP contribution is 2.29. The van der Waals surface area contributed by atoms with Gasteiger partial charge in [-0.1, -0.05) is 0 Å². The van der Waals surface area contributed by atoms with E-state index in [9.17, 15) is 4.79 Å². The van der Waals surface area contributed by atoms with E-state index in [1.165, 1.54) is 0 Å². The first kappa shape index (κ1) is 19.1. The van der Waals surface area contributed by atoms with Gasteiger partial charge in [0, 0.05) is 44.6 Å². The highest BCUT2D eigenvalue weighted by atomic mass is 35.5. The van der Waals surface area contributed by atoms with E-state index in [1.54, 1.807) is 38.6 Å². The molecule has 0 bridgehead atoms. The third kappa shape index (κ3) is 3.72. The molecule has 25 heavy (non-hydrogen) atoms. The maximum absolute atomic E-state index is 13.0. The van der Waals surface area contributed by atoms with Crippen molar-refractivity contribution in [2.75, 3.05) is 33.9 Å². The first-order valence-corrected chi connectivity index (χ1v) is 7.86. The number of nitrogens with zero attached hydrogens (tertiary/aromatic N) is 3. The maximum Gasteiger partial charge on any atom is 0.254 e. The number of aryl methyl sites for hydroxylation is 1. The minimum absolute atomic E-state index is 0. The van der Waals surface area contributed by atoms with E-state index >= 15 is 0 Å². The Morgan fingerprint density at radius 3 is 2.68 bits per heavy atom. The van der Waals surface area contributed by atoms with Crippen molar-refractivity contribution in [2.24, 2.45) is 7.05 Å². The number of carbonyl (C=O) groups is 1. The molecule has 7 nitrogen and oxygen atoms in total. The van der Waals surface area contributed by atoms with E-state index in [4.69, 9.17) is 9.47 Å². The maximum atomic E-state index is 13.0. The number of amides is 1. The molecule has 1 aliphatic rings. The smallest absolute Gasteiger partial charge is 0.254 e. The molecule has 1 aromatic carbocycles. The van der Waals surface area contributed by atoms with Gasteiger partial charge >= 0.3 is 0 Å². The molecule has 1 atom stereocenters. The van der Waals surface area contributed by atoms with Crippen LogP contribution in [-0.2, 0) is 7.05 Å². The Hall–Kier alpha value is -2.25. The first-order chi connectivity index (χ1) is 11.7. The van der Waals surface area contributed by atoms with Crippen molar-refractivity contribution in [3.05, 3.63) is 42.0 Å². The van der Waals surface area contributed by atoms with Crippen LogP contribution >= 0.6 is 12.4 Å². The number of carbonyl (C=O) groups excluding carboxylic acids is 1. The van der Waals surface area contributed by atoms with Crippen molar-refractivity contribution >= 4 is 18.3 Å². The molecule has 3 rings (SSSR count). The molecule has 1 aliphatic heterocycles. The van der Waals surface area contributed by atoms with Crippen LogP contribution in [0.3, 0.4) is 0 Å². The van der Waals surface area contributed by atoms with Crippen molar-refractivity contribution in [1.82, 2.24) is 19.8 Å². The summed E-state index contributed by atoms with van der Waals surface area (Å²) < 4.78 is 12.5. The zero-order valence-corrected chi connectivity index (χ0v) is 15.4. The third-order valence-corrected chi connectivity index (χ3v) is 4.29. The normalized spacial score (nSPS) is 16.9. The lowest BCUT2D eigenvalue weighted by Gasteiger charge is -2.35. The summed E-state index contributed by atoms with van der Waals surface area (Å²) in [6.45, 7) is 2.08. The van der Waals surface area contributed by atoms with Gasteiger partial charge in [-0.25, -0.2) is 4.98 Å². The largest absolute Gasteiger partial charge is 0.493 e. The second-order valence-electron chi connectivity index (χ2n) is 5.68. The van der Waals surface area contributed by atoms with Gasteiger partial charge in [0.15, 0.2) is 11.5 Å². The summed E-state index contributed by atoms with van der Waals surface area (Å²) in [5.74, 6) is 1.99. The molecule has 2 aromatic rings. The lowest BCUT2D eigenvalue weighted by atomic mass is 10.1. The number of aromatic nitrogens is 2. The molecule has 1 N–H and O–H groups in total. The Labute approximate surface area is 153 Å². The van der Waals surface area contributed by atoms with Crippen LogP contribution in [0.15, 0.2) is 30.6 Å². The lowest BCUT2D eigenvalue weighted by molar-refractivity contribution is 0.0620. The Morgan fingerprint density at radius 2 is 2.04 bits per heavy atom. The highest BCUT2D eigenvalue weighted by molar-refractivity contribution is 5.95. The number of ether oxygens (including phenoxy) is 2. The van der Waals surface area contributed by atoms with E-state index < -0.39 is 0 Å². The van der Waals surface area contributed by atoms with Gasteiger partial charge in [-0.3, -0.25) is 4.79 Å². The van der Waals surface area contributed by atoms with Crippen LogP contribution in [0.1, 0.15) is 22.2 Å². The summed E-state index contributed by atoms with van der Waals surface area (Å²) >= 11 is 0. The first-order valence-electron chi connectivity index (χ1n) is 7.86. The fourth-order valence-electron chi connectivity index (χ4n) is 3.01. The van der Waals surface area contributed by atoms with Crippen LogP contribution in [0.25, 0.3) is 0 Å². The van der Waals surface area contributed by atoms with Crippen molar-refractivity contribution in [1.29, 1.82) is 0 Å². The quantitative estimate of drug-likeness (QED) is 0.891. The summed E-state index contributed by atoms with van der Waals surface area (Å²) in [7, 11) is 5.08. The van der Waals surface area contributed by atoms with E-state index in [1.807, 2.05) is 22.7 Å². The van der Waals surface area contributed by atoms with Crippen molar-refractivity contribution < 1.29 is 14.3 Å². The standard InChI is InChI=1S/C17H22N4O3.ClH/c1-20-8-7-19-16(20)13-11-18-6-9-21(13)17(22)12-4-5-14(23-2)15(10-12)24-3;/h4-5,7-8,10,13,18H,6,9,11H2,1-3H3;1H. The zero-order valence-electron chi connectivity index (χ0n) is 14.6. The van der Waals surface area contributed by atoms with Crippen LogP contribution < -0.4 is 14.8 Å². The number of hydrogen-bond acceptors (Lipinski definition) is 5. The second-order valence-corrected chi connectivity index (χ2v) is 5.68. The fourth-order valence-corrected chi connectivity index (χ4v) is 3.01. The van der Waals surface area contributed by atoms with Crippen LogP contribution in [-0.4, -0.2) is 54.2 Å². The van der Waals surface area contributed by atoms with Gasteiger partial charge < -0.3 is 24.3 Å². The highest BCUT2D eigenvalue weighted by Gasteiger charge is 2.31. The topological polar surface area (TPSA) is 68.6 Å². The number of imidazole rings is 1. The number of hydrogen-bond donors (Lipinski definition) is 1. The molecule has 0 saturated carbocycles. The Morgan fingerprint density at radius 1 is 1.28 bits per heavy atom. The number of piperazine rings is 1. The zero-order chi connectivity index (χ0) is 17.1. The van der Waals surface area contributed by atoms with Crippen molar-refractivity contribution in [3.63, 3.8) is 0 Å². The average Bonchev–Trinajstić information content (AvgIpc) is 3.06. The molecular weight excluding hydrogens is 344 g/mol. The molecule has 0 spiro atoms. The summed E-state index contributed by atoms with van der Waals surface area (Å²) in [5.41, 5.74) is 0.578. The Balaban J connectivity index is 0.00000225. The number of halogens is 1. The third-order valence-electron chi connectivity index (χ3n) is 4.29. The minimum Gasteiger partial charge on any atom is -0.493 e. The molecule has 1 amide bonds. The fraction of sp³-hybridized carbons (Fsp3) is 0.412. The lowest BCUT2D eigenvalue weighted by Crippen LogP contribution is -2.49. The Kier molecular flexibility index (Phi) is 6.27. The molecule has 1 aromatic heterocycles. The van der Waals surface area contributed by atoms with E-state index in [0.717, 1.165) is 12.4 Å². The number of nitrogens with one attached hydrogen (secondary N) is 1. The number of methoxy groups -OCH3 is 2. The molecule has 1 unspecified atom stereocenters. The van der Waals surface area contributed by atoms with E-state index in [-0.39, 0.29) is 24.4 Å². The monoisotopic (exact) mass is 366 g/mol. The number of benzene rings is 1. The molecule has 1 fully saturated rings. The number of rotatable bonds is 4. The summed E-state index contributed by atoms with van der Waals surface area (Å²) in [6, 6.07) is 5.14. The molecule has 1 saturated heterocycles. The summed E-state index contributed by atoms with van der Waals surface area (Å²) in [4.78, 5) is 19.3. The second kappa shape index (κ2) is 8.22. The summed E-state index contributed by atoms with van der Waals surface area (Å²) in [5, 5.41) is 3.34. The van der Waals surface area contributed by atoms with Crippen molar-refractivity contribution in [3.8, 4) is 11.5 Å². The predicted octanol–water partition coefficient (Wildman–Crippen LogP) is 1.65. The minimum atomic E-state index is -0.0978. The van der Waals surface area contributed by atoms with E-state index in [0.29, 0.717) is 30.2 Å². The van der Waals surface area contributed by atoms with Gasteiger partial charge in [0.25, 0.3) is 5.91 Å². The molecule has 136 valence electrons. The molecule has 8 heteroatoms. The van der Waals surface area contributed by atoms with Gasteiger partial charge in [0.05, 0.1) is 14.2 Å². The molecular formula is C17H23ClN4O3. The Bertz CT molecular complexity index is 734. The van der Waals surface area contributed by atoms with Crippen LogP contribution in [0.4, 0.5) is 0 Å². The van der Waals surface area contributed by atoms with Gasteiger partial charge in [-0.2, -0.15) is 0 Å². The predicted molar refractivity (Wildman–Crippen MR) is 96.6 cm³/mol. The van der Waals surface area contributed by atoms with E-state index in [2.05, 4.69) is 10.3 Å². The van der Waals surface area contributed by atoms with Crippen LogP contribution in [0.2, 0.25) is 0 Å². The SMILES string of the molecule is COc1ccc(C(=O)N2CCNCC2c2nccn2C)cc1OC.Cl. The summed E-state index contributed by atoms with van der Waals surface area (Å²) in [6.07, 6.45) is 3.64.